The number of benzene rings is 3. The maximum atomic E-state index is 12.9. The van der Waals surface area contributed by atoms with Gasteiger partial charge in [-0.1, -0.05) is 30.3 Å². The molecule has 0 unspecified atom stereocenters. The number of esters is 1. The molecule has 0 spiro atoms. The fourth-order valence-corrected chi connectivity index (χ4v) is 4.06. The minimum absolute atomic E-state index is 0.116. The van der Waals surface area contributed by atoms with Gasteiger partial charge in [0.15, 0.2) is 0 Å². The fraction of sp³-hybridized carbons (Fsp3) is 0.192. The number of fused-ring (bicyclic) bond motifs is 1. The number of non-ortho nitro benzene ring substituents is 1. The smallest absolute Gasteiger partial charge is 0.355 e. The summed E-state index contributed by atoms with van der Waals surface area (Å²) in [4.78, 5) is 27.3. The van der Waals surface area contributed by atoms with E-state index in [1.54, 1.807) is 39.3 Å². The van der Waals surface area contributed by atoms with E-state index in [4.69, 9.17) is 14.2 Å². The maximum absolute atomic E-state index is 12.9. The maximum Gasteiger partial charge on any atom is 0.355 e. The number of carbonyl (C=O) groups is 1. The number of hydrogen-bond donors (Lipinski definition) is 1. The van der Waals surface area contributed by atoms with Crippen LogP contribution in [0.3, 0.4) is 0 Å². The zero-order valence-corrected chi connectivity index (χ0v) is 19.1. The van der Waals surface area contributed by atoms with Gasteiger partial charge in [0.2, 0.25) is 0 Å². The molecule has 34 heavy (non-hydrogen) atoms. The van der Waals surface area contributed by atoms with Crippen molar-refractivity contribution in [1.82, 2.24) is 4.98 Å². The van der Waals surface area contributed by atoms with Gasteiger partial charge in [-0.05, 0) is 54.3 Å². The van der Waals surface area contributed by atoms with Crippen LogP contribution in [0.15, 0.2) is 60.7 Å². The van der Waals surface area contributed by atoms with Crippen molar-refractivity contribution in [3.8, 4) is 22.6 Å². The van der Waals surface area contributed by atoms with E-state index in [0.717, 1.165) is 11.1 Å². The van der Waals surface area contributed by atoms with Gasteiger partial charge in [-0.2, -0.15) is 0 Å². The van der Waals surface area contributed by atoms with Crippen molar-refractivity contribution < 1.29 is 23.9 Å². The third kappa shape index (κ3) is 4.30. The van der Waals surface area contributed by atoms with E-state index in [9.17, 15) is 14.9 Å². The van der Waals surface area contributed by atoms with Crippen LogP contribution in [0.5, 0.6) is 11.5 Å². The van der Waals surface area contributed by atoms with Gasteiger partial charge < -0.3 is 19.2 Å². The minimum Gasteiger partial charge on any atom is -0.497 e. The Balaban J connectivity index is 2.01. The molecule has 4 rings (SSSR count). The van der Waals surface area contributed by atoms with Crippen LogP contribution in [0, 0.1) is 10.1 Å². The molecule has 174 valence electrons. The molecule has 0 aliphatic rings. The molecule has 1 N–H and O–H groups in total. The van der Waals surface area contributed by atoms with Gasteiger partial charge in [-0.15, -0.1) is 0 Å². The minimum atomic E-state index is -0.578. The molecule has 3 aromatic carbocycles. The standard InChI is InChI=1S/C26H24N2O6/c1-4-34-26(29)25-22(17-8-11-19(32-2)12-9-17)23-18(10-13-21(28(30)31)24(23)27-25)14-16-6-5-7-20(15-16)33-3/h5-13,15,27H,4,14H2,1-3H3. The zero-order valence-electron chi connectivity index (χ0n) is 19.1. The average Bonchev–Trinajstić information content (AvgIpc) is 3.25. The SMILES string of the molecule is CCOC(=O)c1[nH]c2c([N+](=O)[O-])ccc(Cc3cccc(OC)c3)c2c1-c1ccc(OC)cc1. The number of ether oxygens (including phenoxy) is 3. The second-order valence-electron chi connectivity index (χ2n) is 7.60. The van der Waals surface area contributed by atoms with Crippen molar-refractivity contribution in [2.24, 2.45) is 0 Å². The Labute approximate surface area is 196 Å². The molecule has 0 saturated heterocycles. The lowest BCUT2D eigenvalue weighted by molar-refractivity contribution is -0.383. The molecule has 0 amide bonds. The lowest BCUT2D eigenvalue weighted by atomic mass is 9.94. The summed E-state index contributed by atoms with van der Waals surface area (Å²) in [5.41, 5.74) is 3.39. The molecule has 0 saturated carbocycles. The van der Waals surface area contributed by atoms with Crippen molar-refractivity contribution in [2.45, 2.75) is 13.3 Å². The molecule has 0 atom stereocenters. The van der Waals surface area contributed by atoms with Crippen LogP contribution in [0.2, 0.25) is 0 Å². The molecule has 1 aromatic heterocycles. The number of hydrogen-bond acceptors (Lipinski definition) is 6. The van der Waals surface area contributed by atoms with Gasteiger partial charge in [0.05, 0.1) is 25.7 Å². The molecular weight excluding hydrogens is 436 g/mol. The Bertz CT molecular complexity index is 1360. The number of aromatic nitrogens is 1. The molecule has 0 radical (unpaired) electrons. The Morgan fingerprint density at radius 2 is 1.74 bits per heavy atom. The highest BCUT2D eigenvalue weighted by molar-refractivity contribution is 6.11. The number of rotatable bonds is 8. The van der Waals surface area contributed by atoms with E-state index in [0.29, 0.717) is 34.4 Å². The molecule has 0 aliphatic carbocycles. The molecule has 0 aliphatic heterocycles. The Morgan fingerprint density at radius 1 is 1.00 bits per heavy atom. The third-order valence-corrected chi connectivity index (χ3v) is 5.60. The van der Waals surface area contributed by atoms with E-state index in [2.05, 4.69) is 4.98 Å². The van der Waals surface area contributed by atoms with Crippen LogP contribution in [0.25, 0.3) is 22.0 Å². The van der Waals surface area contributed by atoms with E-state index >= 15 is 0 Å². The topological polar surface area (TPSA) is 104 Å². The normalized spacial score (nSPS) is 10.8. The summed E-state index contributed by atoms with van der Waals surface area (Å²) in [7, 11) is 3.17. The van der Waals surface area contributed by atoms with Gasteiger partial charge in [0.25, 0.3) is 5.69 Å². The predicted octanol–water partition coefficient (Wildman–Crippen LogP) is 5.53. The summed E-state index contributed by atoms with van der Waals surface area (Å²) in [5.74, 6) is 0.794. The largest absolute Gasteiger partial charge is 0.497 e. The Hall–Kier alpha value is -4.33. The highest BCUT2D eigenvalue weighted by Crippen LogP contribution is 2.40. The lowest BCUT2D eigenvalue weighted by Gasteiger charge is -2.10. The van der Waals surface area contributed by atoms with Crippen LogP contribution in [0.1, 0.15) is 28.5 Å². The number of nitro benzene ring substituents is 1. The van der Waals surface area contributed by atoms with Crippen LogP contribution in [-0.4, -0.2) is 36.7 Å². The summed E-state index contributed by atoms with van der Waals surface area (Å²) < 4.78 is 15.9. The van der Waals surface area contributed by atoms with Gasteiger partial charge in [0.1, 0.15) is 22.7 Å². The third-order valence-electron chi connectivity index (χ3n) is 5.60. The first-order valence-electron chi connectivity index (χ1n) is 10.7. The molecule has 4 aromatic rings. The summed E-state index contributed by atoms with van der Waals surface area (Å²) in [6, 6.07) is 18.0. The quantitative estimate of drug-likeness (QED) is 0.211. The van der Waals surface area contributed by atoms with Gasteiger partial charge in [-0.3, -0.25) is 10.1 Å². The van der Waals surface area contributed by atoms with E-state index < -0.39 is 10.9 Å². The molecule has 1 heterocycles. The number of carbonyl (C=O) groups excluding carboxylic acids is 1. The molecule has 0 bridgehead atoms. The van der Waals surface area contributed by atoms with Crippen molar-refractivity contribution >= 4 is 22.6 Å². The number of aromatic amines is 1. The van der Waals surface area contributed by atoms with E-state index in [-0.39, 0.29) is 23.5 Å². The van der Waals surface area contributed by atoms with Gasteiger partial charge >= 0.3 is 5.97 Å². The van der Waals surface area contributed by atoms with Crippen molar-refractivity contribution in [3.05, 3.63) is 87.6 Å². The molecule has 8 heteroatoms. The van der Waals surface area contributed by atoms with E-state index in [1.165, 1.54) is 6.07 Å². The second kappa shape index (κ2) is 9.66. The monoisotopic (exact) mass is 460 g/mol. The summed E-state index contributed by atoms with van der Waals surface area (Å²) in [5, 5.41) is 12.4. The number of methoxy groups -OCH3 is 2. The first kappa shape index (κ1) is 22.8. The summed E-state index contributed by atoms with van der Waals surface area (Å²) >= 11 is 0. The highest BCUT2D eigenvalue weighted by Gasteiger charge is 2.27. The lowest BCUT2D eigenvalue weighted by Crippen LogP contribution is -2.06. The van der Waals surface area contributed by atoms with Crippen LogP contribution >= 0.6 is 0 Å². The van der Waals surface area contributed by atoms with Crippen LogP contribution in [0.4, 0.5) is 5.69 Å². The number of nitrogens with zero attached hydrogens (tertiary/aromatic N) is 1. The average molecular weight is 460 g/mol. The van der Waals surface area contributed by atoms with Crippen molar-refractivity contribution in [2.75, 3.05) is 20.8 Å². The number of H-pyrrole nitrogens is 1. The number of nitrogens with one attached hydrogen (secondary N) is 1. The number of nitro groups is 1. The Kier molecular flexibility index (Phi) is 6.49. The fourth-order valence-electron chi connectivity index (χ4n) is 4.06. The highest BCUT2D eigenvalue weighted by atomic mass is 16.6. The summed E-state index contributed by atoms with van der Waals surface area (Å²) in [6.07, 6.45) is 0.481. The van der Waals surface area contributed by atoms with Crippen molar-refractivity contribution in [3.63, 3.8) is 0 Å². The Morgan fingerprint density at radius 3 is 2.38 bits per heavy atom. The first-order valence-corrected chi connectivity index (χ1v) is 10.7. The zero-order chi connectivity index (χ0) is 24.2. The predicted molar refractivity (Wildman–Crippen MR) is 129 cm³/mol. The van der Waals surface area contributed by atoms with Crippen molar-refractivity contribution in [1.29, 1.82) is 0 Å². The van der Waals surface area contributed by atoms with E-state index in [1.807, 2.05) is 36.4 Å². The van der Waals surface area contributed by atoms with Gasteiger partial charge in [0, 0.05) is 17.0 Å². The molecular formula is C26H24N2O6. The molecule has 0 fully saturated rings. The second-order valence-corrected chi connectivity index (χ2v) is 7.60. The first-order chi connectivity index (χ1) is 16.5. The van der Waals surface area contributed by atoms with Crippen LogP contribution < -0.4 is 9.47 Å². The van der Waals surface area contributed by atoms with Crippen LogP contribution in [-0.2, 0) is 11.2 Å². The van der Waals surface area contributed by atoms with Gasteiger partial charge in [-0.25, -0.2) is 4.79 Å². The summed E-state index contributed by atoms with van der Waals surface area (Å²) in [6.45, 7) is 1.89. The molecule has 8 nitrogen and oxygen atoms in total.